The van der Waals surface area contributed by atoms with Crippen LogP contribution in [0.1, 0.15) is 35.5 Å². The molecule has 1 aromatic heterocycles. The molecule has 0 fully saturated rings. The maximum atomic E-state index is 13.8. The van der Waals surface area contributed by atoms with Gasteiger partial charge in [0.05, 0.1) is 17.7 Å². The van der Waals surface area contributed by atoms with Gasteiger partial charge in [-0.15, -0.1) is 0 Å². The van der Waals surface area contributed by atoms with Gasteiger partial charge in [0.25, 0.3) is 0 Å². The molecule has 0 radical (unpaired) electrons. The molecule has 7 heteroatoms. The Balaban J connectivity index is 2.18. The highest BCUT2D eigenvalue weighted by molar-refractivity contribution is 6.05. The van der Waals surface area contributed by atoms with Gasteiger partial charge >= 0.3 is 5.97 Å². The molecular weight excluding hydrogens is 433 g/mol. The van der Waals surface area contributed by atoms with Gasteiger partial charge < -0.3 is 25.6 Å². The van der Waals surface area contributed by atoms with Crippen molar-refractivity contribution < 1.29 is 19.0 Å². The van der Waals surface area contributed by atoms with Gasteiger partial charge in [-0.2, -0.15) is 0 Å². The van der Waals surface area contributed by atoms with Crippen molar-refractivity contribution in [2.75, 3.05) is 19.5 Å². The molecule has 0 bridgehead atoms. The number of aromatic nitrogens is 1. The van der Waals surface area contributed by atoms with E-state index in [1.54, 1.807) is 43.5 Å². The summed E-state index contributed by atoms with van der Waals surface area (Å²) in [6, 6.07) is 16.6. The number of nitrogen functional groups attached to an aromatic ring is 1. The minimum atomic E-state index is -1.000. The van der Waals surface area contributed by atoms with Gasteiger partial charge in [-0.25, -0.2) is 9.18 Å². The number of halogens is 1. The normalized spacial score (nSPS) is 11.6. The van der Waals surface area contributed by atoms with Crippen LogP contribution in [0.4, 0.5) is 10.1 Å². The molecule has 0 spiro atoms. The molecule has 3 aromatic carbocycles. The summed E-state index contributed by atoms with van der Waals surface area (Å²) in [7, 11) is 1.64. The molecule has 0 saturated heterocycles. The summed E-state index contributed by atoms with van der Waals surface area (Å²) >= 11 is 0. The summed E-state index contributed by atoms with van der Waals surface area (Å²) in [5, 5.41) is 18.0. The lowest BCUT2D eigenvalue weighted by Gasteiger charge is -2.28. The number of aromatic carboxylic acids is 1. The Hall–Kier alpha value is -3.97. The number of fused-ring (bicyclic) bond motifs is 1. The summed E-state index contributed by atoms with van der Waals surface area (Å²) in [6.07, 6.45) is 1.21. The molecule has 174 valence electrons. The minimum absolute atomic E-state index is 0.189. The Morgan fingerprint density at radius 3 is 2.35 bits per heavy atom. The van der Waals surface area contributed by atoms with E-state index in [0.717, 1.165) is 33.4 Å². The first-order valence-electron chi connectivity index (χ1n) is 10.8. The monoisotopic (exact) mass is 459 g/mol. The van der Waals surface area contributed by atoms with Crippen molar-refractivity contribution in [1.82, 2.24) is 4.57 Å². The average Bonchev–Trinajstić information content (AvgIpc) is 3.13. The highest BCUT2D eigenvalue weighted by atomic mass is 19.1. The maximum absolute atomic E-state index is 13.8. The first-order chi connectivity index (χ1) is 16.2. The minimum Gasteiger partial charge on any atom is -0.478 e. The van der Waals surface area contributed by atoms with Gasteiger partial charge in [0.1, 0.15) is 5.82 Å². The zero-order chi connectivity index (χ0) is 24.6. The van der Waals surface area contributed by atoms with Crippen LogP contribution in [0.15, 0.2) is 60.7 Å². The molecule has 0 aliphatic carbocycles. The second-order valence-electron chi connectivity index (χ2n) is 8.88. The molecule has 1 heterocycles. The van der Waals surface area contributed by atoms with E-state index in [4.69, 9.17) is 15.9 Å². The predicted octanol–water partition coefficient (Wildman–Crippen LogP) is 5.64. The van der Waals surface area contributed by atoms with E-state index >= 15 is 0 Å². The summed E-state index contributed by atoms with van der Waals surface area (Å²) in [5.74, 6) is -1.34. The molecule has 0 aliphatic heterocycles. The Morgan fingerprint density at radius 2 is 1.79 bits per heavy atom. The lowest BCUT2D eigenvalue weighted by atomic mass is 9.84. The second kappa shape index (κ2) is 8.76. The molecule has 4 rings (SSSR count). The van der Waals surface area contributed by atoms with Crippen LogP contribution in [0.3, 0.4) is 0 Å². The Morgan fingerprint density at radius 1 is 1.15 bits per heavy atom. The van der Waals surface area contributed by atoms with E-state index in [1.165, 1.54) is 18.3 Å². The third kappa shape index (κ3) is 3.95. The van der Waals surface area contributed by atoms with E-state index in [2.05, 4.69) is 13.8 Å². The smallest absolute Gasteiger partial charge is 0.335 e. The van der Waals surface area contributed by atoms with Gasteiger partial charge in [0.2, 0.25) is 0 Å². The summed E-state index contributed by atoms with van der Waals surface area (Å²) < 4.78 is 21.4. The molecule has 4 aromatic rings. The topological polar surface area (TPSA) is 101 Å². The number of anilines is 1. The van der Waals surface area contributed by atoms with E-state index in [-0.39, 0.29) is 11.4 Å². The molecule has 4 N–H and O–H groups in total. The van der Waals surface area contributed by atoms with Crippen LogP contribution in [0.5, 0.6) is 0 Å². The Labute approximate surface area is 196 Å². The number of nitrogens with two attached hydrogens (primary N) is 1. The standard InChI is InChI=1S/C27H26FN3O3/c1-27(2,15-34-3)25-24(16-4-6-17(7-5-16)26(32)33)21-13-22(30)18(14-29)12-23(21)31(25)20-10-8-19(28)9-11-20/h4-14,29H,15,30H2,1-3H3,(H,32,33). The Kier molecular flexibility index (Phi) is 5.98. The van der Waals surface area contributed by atoms with Crippen LogP contribution in [-0.4, -0.2) is 35.6 Å². The number of nitrogens with zero attached hydrogens (tertiary/aromatic N) is 1. The van der Waals surface area contributed by atoms with Gasteiger partial charge in [-0.3, -0.25) is 0 Å². The van der Waals surface area contributed by atoms with Crippen LogP contribution in [0.25, 0.3) is 27.7 Å². The first kappa shape index (κ1) is 23.2. The van der Waals surface area contributed by atoms with E-state index in [9.17, 15) is 14.3 Å². The fraction of sp³-hybridized carbons (Fsp3) is 0.185. The highest BCUT2D eigenvalue weighted by Crippen LogP contribution is 2.44. The number of carboxylic acid groups (broad SMARTS) is 1. The number of hydrogen-bond donors (Lipinski definition) is 3. The third-order valence-corrected chi connectivity index (χ3v) is 5.98. The number of nitrogens with one attached hydrogen (secondary N) is 1. The quantitative estimate of drug-likeness (QED) is 0.246. The first-order valence-corrected chi connectivity index (χ1v) is 10.8. The SMILES string of the molecule is COCC(C)(C)c1c(-c2ccc(C(=O)O)cc2)c2cc(N)c(C=N)cc2n1-c1ccc(F)cc1. The van der Waals surface area contributed by atoms with Gasteiger partial charge in [-0.1, -0.05) is 26.0 Å². The van der Waals surface area contributed by atoms with Gasteiger partial charge in [0.15, 0.2) is 0 Å². The van der Waals surface area contributed by atoms with Crippen molar-refractivity contribution in [2.45, 2.75) is 19.3 Å². The van der Waals surface area contributed by atoms with Gasteiger partial charge in [0, 0.05) is 52.3 Å². The van der Waals surface area contributed by atoms with Crippen molar-refractivity contribution in [3.63, 3.8) is 0 Å². The van der Waals surface area contributed by atoms with Crippen molar-refractivity contribution in [1.29, 1.82) is 5.41 Å². The summed E-state index contributed by atoms with van der Waals surface area (Å²) in [6.45, 7) is 4.51. The number of rotatable bonds is 7. The lowest BCUT2D eigenvalue weighted by molar-refractivity contribution is 0.0697. The van der Waals surface area contributed by atoms with E-state index in [0.29, 0.717) is 17.9 Å². The average molecular weight is 460 g/mol. The number of carbonyl (C=O) groups is 1. The zero-order valence-electron chi connectivity index (χ0n) is 19.2. The molecule has 0 unspecified atom stereocenters. The van der Waals surface area contributed by atoms with Crippen molar-refractivity contribution in [3.05, 3.63) is 83.3 Å². The molecule has 34 heavy (non-hydrogen) atoms. The highest BCUT2D eigenvalue weighted by Gasteiger charge is 2.32. The molecule has 0 aliphatic rings. The van der Waals surface area contributed by atoms with Crippen molar-refractivity contribution in [2.24, 2.45) is 0 Å². The lowest BCUT2D eigenvalue weighted by Crippen LogP contribution is -2.27. The number of benzene rings is 3. The summed E-state index contributed by atoms with van der Waals surface area (Å²) in [5.41, 5.74) is 11.1. The van der Waals surface area contributed by atoms with Crippen molar-refractivity contribution in [3.8, 4) is 16.8 Å². The van der Waals surface area contributed by atoms with Crippen LogP contribution in [0.2, 0.25) is 0 Å². The molecule has 0 saturated carbocycles. The largest absolute Gasteiger partial charge is 0.478 e. The number of hydrogen-bond acceptors (Lipinski definition) is 4. The fourth-order valence-electron chi connectivity index (χ4n) is 4.49. The molecule has 6 nitrogen and oxygen atoms in total. The van der Waals surface area contributed by atoms with Crippen LogP contribution in [0, 0.1) is 11.2 Å². The number of ether oxygens (including phenoxy) is 1. The Bertz CT molecular complexity index is 1390. The summed E-state index contributed by atoms with van der Waals surface area (Å²) in [4.78, 5) is 11.4. The second-order valence-corrected chi connectivity index (χ2v) is 8.88. The molecule has 0 amide bonds. The van der Waals surface area contributed by atoms with Crippen LogP contribution in [-0.2, 0) is 10.2 Å². The zero-order valence-corrected chi connectivity index (χ0v) is 19.2. The van der Waals surface area contributed by atoms with Crippen LogP contribution >= 0.6 is 0 Å². The number of methoxy groups -OCH3 is 1. The van der Waals surface area contributed by atoms with E-state index in [1.807, 2.05) is 16.7 Å². The predicted molar refractivity (Wildman–Crippen MR) is 133 cm³/mol. The molecular formula is C27H26FN3O3. The molecule has 0 atom stereocenters. The van der Waals surface area contributed by atoms with Gasteiger partial charge in [-0.05, 0) is 54.1 Å². The van der Waals surface area contributed by atoms with Crippen molar-refractivity contribution >= 4 is 28.8 Å². The number of carboxylic acids is 1. The van der Waals surface area contributed by atoms with E-state index < -0.39 is 11.4 Å². The fourth-order valence-corrected chi connectivity index (χ4v) is 4.49. The third-order valence-electron chi connectivity index (χ3n) is 5.98. The van der Waals surface area contributed by atoms with Crippen LogP contribution < -0.4 is 5.73 Å². The maximum Gasteiger partial charge on any atom is 0.335 e.